The Balaban J connectivity index is 1.75. The Bertz CT molecular complexity index is 1270. The summed E-state index contributed by atoms with van der Waals surface area (Å²) in [5.74, 6) is -0.911. The molecule has 2 aromatic carbocycles. The Morgan fingerprint density at radius 2 is 1.82 bits per heavy atom. The molecule has 0 fully saturated rings. The van der Waals surface area contributed by atoms with E-state index in [0.29, 0.717) is 32.2 Å². The van der Waals surface area contributed by atoms with Gasteiger partial charge in [-0.25, -0.2) is 4.98 Å². The van der Waals surface area contributed by atoms with E-state index in [1.165, 1.54) is 5.56 Å². The molecule has 0 aliphatic heterocycles. The molecule has 3 rings (SSSR count). The molecule has 2 atom stereocenters. The van der Waals surface area contributed by atoms with E-state index < -0.39 is 5.92 Å². The van der Waals surface area contributed by atoms with Crippen molar-refractivity contribution in [2.45, 2.75) is 51.5 Å². The van der Waals surface area contributed by atoms with E-state index >= 15 is 0 Å². The lowest BCUT2D eigenvalue weighted by atomic mass is 9.96. The second kappa shape index (κ2) is 15.3. The number of aryl methyl sites for hydroxylation is 1. The summed E-state index contributed by atoms with van der Waals surface area (Å²) in [6.45, 7) is 2.81. The number of hydrogen-bond donors (Lipinski definition) is 2. The topological polar surface area (TPSA) is 91.4 Å². The van der Waals surface area contributed by atoms with Gasteiger partial charge in [0.1, 0.15) is 0 Å². The Kier molecular flexibility index (Phi) is 11.8. The maximum Gasteiger partial charge on any atom is 0.224 e. The maximum atomic E-state index is 13.6. The van der Waals surface area contributed by atoms with Gasteiger partial charge < -0.3 is 15.5 Å². The third-order valence-electron chi connectivity index (χ3n) is 6.59. The number of benzene rings is 2. The molecule has 8 heteroatoms. The molecule has 1 heterocycles. The number of amides is 2. The molecule has 0 aliphatic rings. The molecule has 0 bridgehead atoms. The van der Waals surface area contributed by atoms with Crippen LogP contribution >= 0.6 is 11.3 Å². The van der Waals surface area contributed by atoms with Crippen LogP contribution in [-0.2, 0) is 33.6 Å². The molecule has 1 aromatic heterocycles. The zero-order valence-corrected chi connectivity index (χ0v) is 24.2. The second-order valence-electron chi connectivity index (χ2n) is 10.1. The molecule has 0 saturated carbocycles. The van der Waals surface area contributed by atoms with Crippen LogP contribution < -0.4 is 10.6 Å². The molecular formula is C31H40N4O3S. The number of rotatable bonds is 15. The number of thiazole rings is 1. The SMILES string of the molecule is CCc1ccc2nc(C[C@H](CC(=O)NC)C(=O)N[C@H](CCC(=O)/C=C/CN(C)C)Cc3ccccc3)sc2c1. The van der Waals surface area contributed by atoms with Crippen LogP contribution in [0.1, 0.15) is 42.3 Å². The first kappa shape index (κ1) is 30.2. The predicted molar refractivity (Wildman–Crippen MR) is 159 cm³/mol. The van der Waals surface area contributed by atoms with E-state index in [1.54, 1.807) is 24.5 Å². The van der Waals surface area contributed by atoms with E-state index in [4.69, 9.17) is 4.98 Å². The molecule has 2 N–H and O–H groups in total. The van der Waals surface area contributed by atoms with Crippen LogP contribution in [0.4, 0.5) is 0 Å². The number of nitrogens with zero attached hydrogens (tertiary/aromatic N) is 2. The van der Waals surface area contributed by atoms with Gasteiger partial charge in [0.2, 0.25) is 11.8 Å². The molecule has 0 spiro atoms. The fourth-order valence-corrected chi connectivity index (χ4v) is 5.47. The average Bonchev–Trinajstić information content (AvgIpc) is 3.33. The summed E-state index contributed by atoms with van der Waals surface area (Å²) in [6, 6.07) is 15.9. The van der Waals surface area contributed by atoms with Gasteiger partial charge in [0.15, 0.2) is 5.78 Å². The largest absolute Gasteiger partial charge is 0.359 e. The lowest BCUT2D eigenvalue weighted by Gasteiger charge is -2.22. The zero-order chi connectivity index (χ0) is 28.2. The van der Waals surface area contributed by atoms with Crippen LogP contribution in [0.5, 0.6) is 0 Å². The number of ketones is 1. The summed E-state index contributed by atoms with van der Waals surface area (Å²) in [4.78, 5) is 45.1. The highest BCUT2D eigenvalue weighted by Gasteiger charge is 2.26. The highest BCUT2D eigenvalue weighted by Crippen LogP contribution is 2.26. The molecule has 0 radical (unpaired) electrons. The number of likely N-dealkylation sites (N-methyl/N-ethyl adjacent to an activating group) is 1. The Morgan fingerprint density at radius 3 is 2.51 bits per heavy atom. The highest BCUT2D eigenvalue weighted by molar-refractivity contribution is 7.18. The van der Waals surface area contributed by atoms with Crippen molar-refractivity contribution in [1.82, 2.24) is 20.5 Å². The van der Waals surface area contributed by atoms with Crippen molar-refractivity contribution in [1.29, 1.82) is 0 Å². The quantitative estimate of drug-likeness (QED) is 0.276. The van der Waals surface area contributed by atoms with Crippen molar-refractivity contribution in [3.63, 3.8) is 0 Å². The predicted octanol–water partition coefficient (Wildman–Crippen LogP) is 4.35. The molecule has 208 valence electrons. The Morgan fingerprint density at radius 1 is 1.05 bits per heavy atom. The third-order valence-corrected chi connectivity index (χ3v) is 7.63. The maximum absolute atomic E-state index is 13.6. The molecule has 2 amide bonds. The minimum atomic E-state index is -0.565. The van der Waals surface area contributed by atoms with E-state index in [9.17, 15) is 14.4 Å². The van der Waals surface area contributed by atoms with Gasteiger partial charge in [-0.3, -0.25) is 14.4 Å². The minimum Gasteiger partial charge on any atom is -0.359 e. The number of allylic oxidation sites excluding steroid dienone is 1. The van der Waals surface area contributed by atoms with Gasteiger partial charge in [-0.1, -0.05) is 49.4 Å². The van der Waals surface area contributed by atoms with Gasteiger partial charge in [0.05, 0.1) is 21.1 Å². The van der Waals surface area contributed by atoms with Crippen LogP contribution in [0.2, 0.25) is 0 Å². The molecule has 39 heavy (non-hydrogen) atoms. The lowest BCUT2D eigenvalue weighted by Crippen LogP contribution is -2.42. The van der Waals surface area contributed by atoms with Gasteiger partial charge in [-0.2, -0.15) is 0 Å². The zero-order valence-electron chi connectivity index (χ0n) is 23.4. The van der Waals surface area contributed by atoms with E-state index in [2.05, 4.69) is 29.7 Å². The van der Waals surface area contributed by atoms with Crippen molar-refractivity contribution in [3.05, 3.63) is 76.8 Å². The average molecular weight is 549 g/mol. The molecule has 0 saturated heterocycles. The summed E-state index contributed by atoms with van der Waals surface area (Å²) in [5.41, 5.74) is 3.24. The van der Waals surface area contributed by atoms with Crippen LogP contribution in [-0.4, -0.2) is 61.2 Å². The van der Waals surface area contributed by atoms with Gasteiger partial charge in [0, 0.05) is 38.9 Å². The van der Waals surface area contributed by atoms with Crippen LogP contribution in [0.3, 0.4) is 0 Å². The lowest BCUT2D eigenvalue weighted by molar-refractivity contribution is -0.130. The number of carbonyl (C=O) groups excluding carboxylic acids is 3. The Labute approximate surface area is 235 Å². The van der Waals surface area contributed by atoms with Crippen molar-refractivity contribution in [3.8, 4) is 0 Å². The summed E-state index contributed by atoms with van der Waals surface area (Å²) in [6.07, 6.45) is 6.32. The molecule has 7 nitrogen and oxygen atoms in total. The molecule has 0 aliphatic carbocycles. The van der Waals surface area contributed by atoms with Crippen LogP contribution in [0.15, 0.2) is 60.7 Å². The van der Waals surface area contributed by atoms with Gasteiger partial charge >= 0.3 is 0 Å². The number of nitrogens with one attached hydrogen (secondary N) is 2. The van der Waals surface area contributed by atoms with Gasteiger partial charge in [-0.15, -0.1) is 11.3 Å². The summed E-state index contributed by atoms with van der Waals surface area (Å²) >= 11 is 1.57. The van der Waals surface area contributed by atoms with Crippen LogP contribution in [0.25, 0.3) is 10.2 Å². The monoisotopic (exact) mass is 548 g/mol. The van der Waals surface area contributed by atoms with E-state index in [1.807, 2.05) is 61.5 Å². The van der Waals surface area contributed by atoms with Crippen molar-refractivity contribution >= 4 is 39.2 Å². The summed E-state index contributed by atoms with van der Waals surface area (Å²) < 4.78 is 1.09. The Hall–Kier alpha value is -3.36. The van der Waals surface area contributed by atoms with Crippen molar-refractivity contribution in [2.75, 3.05) is 27.7 Å². The van der Waals surface area contributed by atoms with Crippen LogP contribution in [0, 0.1) is 5.92 Å². The first-order chi connectivity index (χ1) is 18.8. The normalized spacial score (nSPS) is 13.1. The standard InChI is InChI=1S/C31H40N4O3S/c1-5-22-13-16-27-28(19-22)39-30(34-27)21-24(20-29(37)32-2)31(38)33-25(18-23-10-7-6-8-11-23)14-15-26(36)12-9-17-35(3)4/h6-13,16,19,24-25H,5,14-15,17-18,20-21H2,1-4H3,(H,32,37)(H,33,38)/b12-9+/t24-,25+/m0/s1. The number of hydrogen-bond acceptors (Lipinski definition) is 6. The van der Waals surface area contributed by atoms with Crippen molar-refractivity contribution in [2.24, 2.45) is 5.92 Å². The number of fused-ring (bicyclic) bond motifs is 1. The molecular weight excluding hydrogens is 508 g/mol. The summed E-state index contributed by atoms with van der Waals surface area (Å²) in [7, 11) is 5.48. The van der Waals surface area contributed by atoms with E-state index in [-0.39, 0.29) is 30.1 Å². The molecule has 3 aromatic rings. The first-order valence-corrected chi connectivity index (χ1v) is 14.4. The minimum absolute atomic E-state index is 0.0343. The number of aromatic nitrogens is 1. The smallest absolute Gasteiger partial charge is 0.224 e. The molecule has 0 unspecified atom stereocenters. The second-order valence-corrected chi connectivity index (χ2v) is 11.2. The highest BCUT2D eigenvalue weighted by atomic mass is 32.1. The summed E-state index contributed by atoms with van der Waals surface area (Å²) in [5, 5.41) is 6.65. The van der Waals surface area contributed by atoms with Crippen molar-refractivity contribution < 1.29 is 14.4 Å². The fraction of sp³-hybridized carbons (Fsp3) is 0.419. The van der Waals surface area contributed by atoms with Gasteiger partial charge in [-0.05, 0) is 62.7 Å². The third kappa shape index (κ3) is 10.0. The first-order valence-electron chi connectivity index (χ1n) is 13.5. The van der Waals surface area contributed by atoms with Gasteiger partial charge in [0.25, 0.3) is 0 Å². The fourth-order valence-electron chi connectivity index (χ4n) is 4.36. The number of carbonyl (C=O) groups is 3. The van der Waals surface area contributed by atoms with E-state index in [0.717, 1.165) is 27.2 Å².